The summed E-state index contributed by atoms with van der Waals surface area (Å²) in [4.78, 5) is 73.0. The van der Waals surface area contributed by atoms with Crippen LogP contribution in [0, 0.1) is 0 Å². The van der Waals surface area contributed by atoms with Gasteiger partial charge in [0.25, 0.3) is 0 Å². The van der Waals surface area contributed by atoms with Crippen molar-refractivity contribution in [1.82, 2.24) is 0 Å². The van der Waals surface area contributed by atoms with Crippen LogP contribution in [0.2, 0.25) is 0 Å². The fourth-order valence-corrected chi connectivity index (χ4v) is 13.6. The number of carbonyl (C=O) groups excluding carboxylic acids is 4. The lowest BCUT2D eigenvalue weighted by Crippen LogP contribution is -2.30. The van der Waals surface area contributed by atoms with Gasteiger partial charge in [0.05, 0.1) is 26.4 Å². The predicted molar refractivity (Wildman–Crippen MR) is 400 cm³/mol. The number of aliphatic hydroxyl groups is 1. The van der Waals surface area contributed by atoms with E-state index in [1.807, 2.05) is 0 Å². The van der Waals surface area contributed by atoms with Crippen LogP contribution < -0.4 is 0 Å². The minimum Gasteiger partial charge on any atom is -0.462 e. The second-order valence-corrected chi connectivity index (χ2v) is 31.0. The number of carbonyl (C=O) groups is 4. The fourth-order valence-electron chi connectivity index (χ4n) is 12.0. The van der Waals surface area contributed by atoms with Crippen molar-refractivity contribution in [2.24, 2.45) is 0 Å². The number of aliphatic hydroxyl groups excluding tert-OH is 1. The number of allylic oxidation sites excluding steroid dienone is 2. The molecule has 0 heterocycles. The van der Waals surface area contributed by atoms with Crippen LogP contribution in [0.3, 0.4) is 0 Å². The predicted octanol–water partition coefficient (Wildman–Crippen LogP) is 23.6. The summed E-state index contributed by atoms with van der Waals surface area (Å²) in [6.07, 6.45) is 66.1. The maximum absolute atomic E-state index is 13.1. The Hall–Kier alpha value is -2.20. The molecule has 3 N–H and O–H groups in total. The summed E-state index contributed by atoms with van der Waals surface area (Å²) >= 11 is 0. The molecular formula is C79H152O17P2. The first-order valence-electron chi connectivity index (χ1n) is 40.9. The van der Waals surface area contributed by atoms with Crippen molar-refractivity contribution in [3.05, 3.63) is 12.2 Å². The van der Waals surface area contributed by atoms with Crippen LogP contribution in [0.5, 0.6) is 0 Å². The maximum Gasteiger partial charge on any atom is 0.472 e. The summed E-state index contributed by atoms with van der Waals surface area (Å²) in [6.45, 7) is 4.99. The Bertz CT molecular complexity index is 1910. The van der Waals surface area contributed by atoms with Crippen molar-refractivity contribution in [2.45, 2.75) is 431 Å². The van der Waals surface area contributed by atoms with Crippen molar-refractivity contribution in [2.75, 3.05) is 39.6 Å². The third-order valence-corrected chi connectivity index (χ3v) is 20.2. The lowest BCUT2D eigenvalue weighted by atomic mass is 10.0. The smallest absolute Gasteiger partial charge is 0.462 e. The van der Waals surface area contributed by atoms with E-state index in [0.717, 1.165) is 103 Å². The molecule has 17 nitrogen and oxygen atoms in total. The topological polar surface area (TPSA) is 237 Å². The number of ether oxygens (including phenoxy) is 4. The summed E-state index contributed by atoms with van der Waals surface area (Å²) < 4.78 is 68.7. The highest BCUT2D eigenvalue weighted by atomic mass is 31.2. The van der Waals surface area contributed by atoms with Crippen LogP contribution in [-0.2, 0) is 65.4 Å². The van der Waals surface area contributed by atoms with Crippen LogP contribution in [0.1, 0.15) is 413 Å². The number of hydrogen-bond donors (Lipinski definition) is 3. The minimum atomic E-state index is -4.96. The summed E-state index contributed by atoms with van der Waals surface area (Å²) in [5.74, 6) is -2.12. The molecule has 0 rings (SSSR count). The van der Waals surface area contributed by atoms with Gasteiger partial charge in [0, 0.05) is 25.7 Å². The van der Waals surface area contributed by atoms with Gasteiger partial charge in [0.1, 0.15) is 19.3 Å². The molecule has 0 saturated heterocycles. The van der Waals surface area contributed by atoms with Gasteiger partial charge in [-0.2, -0.15) is 0 Å². The third kappa shape index (κ3) is 72.2. The van der Waals surface area contributed by atoms with E-state index in [9.17, 15) is 43.2 Å². The quantitative estimate of drug-likeness (QED) is 0.0169. The van der Waals surface area contributed by atoms with Crippen molar-refractivity contribution in [3.8, 4) is 0 Å². The fraction of sp³-hybridized carbons (Fsp3) is 0.924. The zero-order valence-electron chi connectivity index (χ0n) is 63.5. The highest BCUT2D eigenvalue weighted by Crippen LogP contribution is 2.45. The molecule has 0 aromatic carbocycles. The molecule has 0 amide bonds. The molecule has 0 saturated carbocycles. The Labute approximate surface area is 600 Å². The zero-order valence-corrected chi connectivity index (χ0v) is 65.3. The van der Waals surface area contributed by atoms with Crippen LogP contribution in [0.25, 0.3) is 0 Å². The van der Waals surface area contributed by atoms with Crippen molar-refractivity contribution in [3.63, 3.8) is 0 Å². The summed E-state index contributed by atoms with van der Waals surface area (Å²) in [6, 6.07) is 0. The molecule has 0 aromatic rings. The molecule has 0 aromatic heterocycles. The molecule has 580 valence electrons. The van der Waals surface area contributed by atoms with E-state index in [4.69, 9.17) is 37.0 Å². The van der Waals surface area contributed by atoms with E-state index in [1.165, 1.54) is 231 Å². The van der Waals surface area contributed by atoms with Crippen LogP contribution in [-0.4, -0.2) is 96.7 Å². The van der Waals surface area contributed by atoms with Gasteiger partial charge in [-0.05, 0) is 51.4 Å². The van der Waals surface area contributed by atoms with Gasteiger partial charge in [-0.15, -0.1) is 0 Å². The number of phosphoric acid groups is 2. The Balaban J connectivity index is 5.28. The molecule has 5 atom stereocenters. The first kappa shape index (κ1) is 95.8. The van der Waals surface area contributed by atoms with E-state index < -0.39 is 97.5 Å². The molecule has 0 bridgehead atoms. The second kappa shape index (κ2) is 73.1. The second-order valence-electron chi connectivity index (χ2n) is 28.1. The Morgan fingerprint density at radius 3 is 0.704 bits per heavy atom. The average molecular weight is 1440 g/mol. The van der Waals surface area contributed by atoms with Gasteiger partial charge in [0.15, 0.2) is 12.2 Å². The van der Waals surface area contributed by atoms with Gasteiger partial charge in [-0.1, -0.05) is 348 Å². The SMILES string of the molecule is CCCCCCCC/C=C\CCCCCCCC(=O)O[C@H](COC(=O)CCCCCCCCCCCCCCCCC)COP(=O)(O)OC[C@H](O)COP(=O)(O)OC[C@@H](COC(=O)CCCCCCCCCCCCCCCCC)OC(=O)CCCCCCCCCCCCCCC. The van der Waals surface area contributed by atoms with E-state index in [0.29, 0.717) is 25.7 Å². The zero-order chi connectivity index (χ0) is 71.8. The number of hydrogen-bond acceptors (Lipinski definition) is 15. The van der Waals surface area contributed by atoms with E-state index in [-0.39, 0.29) is 25.7 Å². The standard InChI is InChI=1S/C79H152O17P2/c1-5-9-13-17-21-25-29-33-36-40-43-47-51-55-59-63-76(81)89-69-74(95-78(83)65-61-57-53-49-45-39-32-28-24-20-16-12-8-4)71-93-97(85,86)91-67-73(80)68-92-98(87,88)94-72-75(96-79(84)66-62-58-54-50-46-42-38-35-31-27-23-19-15-11-7-3)70-90-77(82)64-60-56-52-48-44-41-37-34-30-26-22-18-14-10-6-2/h35,38,73-75,80H,5-34,36-37,39-72H2,1-4H3,(H,85,86)(H,87,88)/b38-35-/t73-,74-,75-/m1/s1. The highest BCUT2D eigenvalue weighted by Gasteiger charge is 2.30. The minimum absolute atomic E-state index is 0.0953. The average Bonchev–Trinajstić information content (AvgIpc) is 0.984. The number of unbranched alkanes of at least 4 members (excludes halogenated alkanes) is 51. The number of phosphoric ester groups is 2. The summed E-state index contributed by atoms with van der Waals surface area (Å²) in [5, 5.41) is 10.6. The van der Waals surface area contributed by atoms with Crippen LogP contribution in [0.4, 0.5) is 0 Å². The summed E-state index contributed by atoms with van der Waals surface area (Å²) in [7, 11) is -9.92. The van der Waals surface area contributed by atoms with Gasteiger partial charge >= 0.3 is 39.5 Å². The van der Waals surface area contributed by atoms with E-state index in [2.05, 4.69) is 39.8 Å². The molecule has 0 spiro atoms. The maximum atomic E-state index is 13.1. The molecule has 19 heteroatoms. The molecule has 2 unspecified atom stereocenters. The lowest BCUT2D eigenvalue weighted by Gasteiger charge is -2.21. The molecule has 0 aliphatic carbocycles. The molecule has 0 radical (unpaired) electrons. The van der Waals surface area contributed by atoms with Crippen LogP contribution >= 0.6 is 15.6 Å². The Kier molecular flexibility index (Phi) is 71.5. The highest BCUT2D eigenvalue weighted by molar-refractivity contribution is 7.47. The van der Waals surface area contributed by atoms with Gasteiger partial charge in [-0.3, -0.25) is 37.3 Å². The van der Waals surface area contributed by atoms with Crippen molar-refractivity contribution < 1.29 is 80.2 Å². The number of esters is 4. The normalized spacial score (nSPS) is 13.9. The molecule has 0 aliphatic heterocycles. The Morgan fingerprint density at radius 1 is 0.276 bits per heavy atom. The first-order chi connectivity index (χ1) is 47.7. The van der Waals surface area contributed by atoms with E-state index >= 15 is 0 Å². The van der Waals surface area contributed by atoms with Crippen molar-refractivity contribution >= 4 is 39.5 Å². The first-order valence-corrected chi connectivity index (χ1v) is 43.9. The van der Waals surface area contributed by atoms with Gasteiger partial charge in [-0.25, -0.2) is 9.13 Å². The van der Waals surface area contributed by atoms with Crippen LogP contribution in [0.15, 0.2) is 12.2 Å². The molecule has 98 heavy (non-hydrogen) atoms. The lowest BCUT2D eigenvalue weighted by molar-refractivity contribution is -0.161. The Morgan fingerprint density at radius 2 is 0.469 bits per heavy atom. The molecular weight excluding hydrogens is 1280 g/mol. The molecule has 0 aliphatic rings. The molecule has 0 fully saturated rings. The third-order valence-electron chi connectivity index (χ3n) is 18.3. The van der Waals surface area contributed by atoms with Crippen molar-refractivity contribution in [1.29, 1.82) is 0 Å². The van der Waals surface area contributed by atoms with Gasteiger partial charge in [0.2, 0.25) is 0 Å². The monoisotopic (exact) mass is 1440 g/mol. The summed E-state index contributed by atoms with van der Waals surface area (Å²) in [5.41, 5.74) is 0. The largest absolute Gasteiger partial charge is 0.472 e. The number of rotatable bonds is 79. The van der Waals surface area contributed by atoms with E-state index in [1.54, 1.807) is 0 Å². The van der Waals surface area contributed by atoms with Gasteiger partial charge < -0.3 is 33.8 Å².